The number of rotatable bonds is 6. The van der Waals surface area contributed by atoms with Gasteiger partial charge in [0, 0.05) is 31.3 Å². The number of amides is 1. The van der Waals surface area contributed by atoms with Gasteiger partial charge in [0.15, 0.2) is 0 Å². The van der Waals surface area contributed by atoms with Gasteiger partial charge in [-0.25, -0.2) is 4.98 Å². The van der Waals surface area contributed by atoms with E-state index in [1.54, 1.807) is 6.07 Å². The average molecular weight is 338 g/mol. The summed E-state index contributed by atoms with van der Waals surface area (Å²) in [5.41, 5.74) is 2.79. The molecule has 2 N–H and O–H groups in total. The molecule has 0 saturated heterocycles. The number of benzene rings is 1. The van der Waals surface area contributed by atoms with Crippen LogP contribution in [0.3, 0.4) is 0 Å². The highest BCUT2D eigenvalue weighted by atomic mass is 16.1. The summed E-state index contributed by atoms with van der Waals surface area (Å²) < 4.78 is 2.06. The monoisotopic (exact) mass is 338 g/mol. The van der Waals surface area contributed by atoms with Crippen LogP contribution >= 0.6 is 0 Å². The molecule has 2 heterocycles. The number of hydrogen-bond acceptors (Lipinski definition) is 3. The van der Waals surface area contributed by atoms with E-state index in [1.165, 1.54) is 0 Å². The first kappa shape index (κ1) is 17.0. The Morgan fingerprint density at radius 3 is 2.80 bits per heavy atom. The van der Waals surface area contributed by atoms with E-state index in [9.17, 15) is 9.59 Å². The Kier molecular flexibility index (Phi) is 4.97. The molecule has 2 aromatic heterocycles. The van der Waals surface area contributed by atoms with Crippen molar-refractivity contribution in [3.05, 3.63) is 64.0 Å². The number of fused-ring (bicyclic) bond motifs is 1. The van der Waals surface area contributed by atoms with Gasteiger partial charge in [-0.15, -0.1) is 0 Å². The summed E-state index contributed by atoms with van der Waals surface area (Å²) in [5.74, 6) is 0.622. The molecule has 6 heteroatoms. The van der Waals surface area contributed by atoms with Crippen LogP contribution in [0.5, 0.6) is 0 Å². The fourth-order valence-electron chi connectivity index (χ4n) is 2.79. The number of aromatic amines is 1. The van der Waals surface area contributed by atoms with Crippen LogP contribution in [0.4, 0.5) is 0 Å². The van der Waals surface area contributed by atoms with E-state index >= 15 is 0 Å². The number of nitrogens with one attached hydrogen (secondary N) is 2. The molecule has 0 spiro atoms. The third-order valence-electron chi connectivity index (χ3n) is 4.42. The summed E-state index contributed by atoms with van der Waals surface area (Å²) in [5, 5.41) is 3.51. The zero-order valence-corrected chi connectivity index (χ0v) is 14.5. The fourth-order valence-corrected chi connectivity index (χ4v) is 2.79. The summed E-state index contributed by atoms with van der Waals surface area (Å²) in [7, 11) is 1.98. The van der Waals surface area contributed by atoms with E-state index in [-0.39, 0.29) is 11.5 Å². The first-order chi connectivity index (χ1) is 12.0. The second-order valence-electron chi connectivity index (χ2n) is 6.19. The van der Waals surface area contributed by atoms with E-state index < -0.39 is 0 Å². The highest BCUT2D eigenvalue weighted by Gasteiger charge is 2.07. The number of carbonyl (C=O) groups is 1. The van der Waals surface area contributed by atoms with Gasteiger partial charge >= 0.3 is 0 Å². The first-order valence-electron chi connectivity index (χ1n) is 8.40. The second kappa shape index (κ2) is 7.34. The van der Waals surface area contributed by atoms with Gasteiger partial charge in [0.2, 0.25) is 5.91 Å². The molecule has 1 amide bonds. The molecule has 6 nitrogen and oxygen atoms in total. The van der Waals surface area contributed by atoms with Gasteiger partial charge in [0.25, 0.3) is 5.56 Å². The predicted octanol–water partition coefficient (Wildman–Crippen LogP) is 2.21. The molecule has 25 heavy (non-hydrogen) atoms. The number of aromatic nitrogens is 3. The third-order valence-corrected chi connectivity index (χ3v) is 4.42. The molecular formula is C19H22N4O2. The van der Waals surface area contributed by atoms with Crippen LogP contribution in [0.2, 0.25) is 0 Å². The van der Waals surface area contributed by atoms with Crippen molar-refractivity contribution in [1.29, 1.82) is 0 Å². The Morgan fingerprint density at radius 2 is 2.04 bits per heavy atom. The summed E-state index contributed by atoms with van der Waals surface area (Å²) in [6.07, 6.45) is 1.61. The maximum atomic E-state index is 12.0. The highest BCUT2D eigenvalue weighted by Crippen LogP contribution is 2.08. The molecule has 0 radical (unpaired) electrons. The Labute approximate surface area is 145 Å². The summed E-state index contributed by atoms with van der Waals surface area (Å²) in [6.45, 7) is 2.55. The molecule has 1 aromatic carbocycles. The van der Waals surface area contributed by atoms with Crippen molar-refractivity contribution >= 4 is 16.8 Å². The number of H-pyrrole nitrogens is 1. The average Bonchev–Trinajstić information content (AvgIpc) is 2.92. The molecule has 3 rings (SSSR count). The van der Waals surface area contributed by atoms with Crippen molar-refractivity contribution in [2.24, 2.45) is 7.05 Å². The lowest BCUT2D eigenvalue weighted by molar-refractivity contribution is -0.121. The van der Waals surface area contributed by atoms with Crippen molar-refractivity contribution in [3.8, 4) is 0 Å². The minimum atomic E-state index is -0.135. The Morgan fingerprint density at radius 1 is 1.24 bits per heavy atom. The Balaban J connectivity index is 1.51. The van der Waals surface area contributed by atoms with Crippen LogP contribution < -0.4 is 10.9 Å². The SMILES string of the molecule is Cc1ccc(CNC(=O)CCCc2nc3ccccc3c(=O)[nH]2)n1C. The number of carbonyl (C=O) groups excluding carboxylic acids is 1. The quantitative estimate of drug-likeness (QED) is 0.723. The summed E-state index contributed by atoms with van der Waals surface area (Å²) >= 11 is 0. The van der Waals surface area contributed by atoms with E-state index in [2.05, 4.69) is 19.9 Å². The minimum absolute atomic E-state index is 0.00184. The Bertz CT molecular complexity index is 955. The van der Waals surface area contributed by atoms with Crippen LogP contribution in [-0.2, 0) is 24.8 Å². The lowest BCUT2D eigenvalue weighted by Crippen LogP contribution is -2.24. The molecule has 0 aliphatic heterocycles. The molecule has 0 atom stereocenters. The lowest BCUT2D eigenvalue weighted by atomic mass is 10.2. The van der Waals surface area contributed by atoms with E-state index in [0.717, 1.165) is 11.4 Å². The molecule has 0 fully saturated rings. The van der Waals surface area contributed by atoms with Gasteiger partial charge in [-0.1, -0.05) is 12.1 Å². The zero-order chi connectivity index (χ0) is 17.8. The maximum absolute atomic E-state index is 12.0. The number of aryl methyl sites for hydroxylation is 2. The van der Waals surface area contributed by atoms with Crippen molar-refractivity contribution in [2.75, 3.05) is 0 Å². The number of para-hydroxylation sites is 1. The number of nitrogens with zero attached hydrogens (tertiary/aromatic N) is 2. The third kappa shape index (κ3) is 3.96. The predicted molar refractivity (Wildman–Crippen MR) is 97.3 cm³/mol. The van der Waals surface area contributed by atoms with Crippen molar-refractivity contribution in [1.82, 2.24) is 19.9 Å². The van der Waals surface area contributed by atoms with Crippen molar-refractivity contribution in [3.63, 3.8) is 0 Å². The molecule has 0 aliphatic carbocycles. The molecular weight excluding hydrogens is 316 g/mol. The minimum Gasteiger partial charge on any atom is -0.351 e. The molecule has 0 bridgehead atoms. The van der Waals surface area contributed by atoms with E-state index in [4.69, 9.17) is 0 Å². The molecule has 0 saturated carbocycles. The fraction of sp³-hybridized carbons (Fsp3) is 0.316. The maximum Gasteiger partial charge on any atom is 0.258 e. The summed E-state index contributed by atoms with van der Waals surface area (Å²) in [6, 6.07) is 11.3. The van der Waals surface area contributed by atoms with Crippen LogP contribution in [-0.4, -0.2) is 20.4 Å². The van der Waals surface area contributed by atoms with Gasteiger partial charge in [0.05, 0.1) is 17.4 Å². The molecule has 3 aromatic rings. The van der Waals surface area contributed by atoms with E-state index in [0.29, 0.717) is 42.5 Å². The normalized spacial score (nSPS) is 11.0. The topological polar surface area (TPSA) is 79.8 Å². The van der Waals surface area contributed by atoms with E-state index in [1.807, 2.05) is 44.3 Å². The number of hydrogen-bond donors (Lipinski definition) is 2. The van der Waals surface area contributed by atoms with Crippen LogP contribution in [0.1, 0.15) is 30.1 Å². The van der Waals surface area contributed by atoms with Crippen molar-refractivity contribution in [2.45, 2.75) is 32.7 Å². The van der Waals surface area contributed by atoms with Crippen molar-refractivity contribution < 1.29 is 4.79 Å². The van der Waals surface area contributed by atoms with Crippen LogP contribution in [0.15, 0.2) is 41.2 Å². The largest absolute Gasteiger partial charge is 0.351 e. The molecule has 0 unspecified atom stereocenters. The first-order valence-corrected chi connectivity index (χ1v) is 8.40. The smallest absolute Gasteiger partial charge is 0.258 e. The van der Waals surface area contributed by atoms with Gasteiger partial charge in [0.1, 0.15) is 5.82 Å². The molecule has 130 valence electrons. The van der Waals surface area contributed by atoms with Crippen LogP contribution in [0, 0.1) is 6.92 Å². The second-order valence-corrected chi connectivity index (χ2v) is 6.19. The van der Waals surface area contributed by atoms with Gasteiger partial charge in [-0.2, -0.15) is 0 Å². The highest BCUT2D eigenvalue weighted by molar-refractivity contribution is 5.77. The van der Waals surface area contributed by atoms with Crippen LogP contribution in [0.25, 0.3) is 10.9 Å². The zero-order valence-electron chi connectivity index (χ0n) is 14.5. The van der Waals surface area contributed by atoms with Gasteiger partial charge < -0.3 is 14.9 Å². The van der Waals surface area contributed by atoms with Gasteiger partial charge in [-0.3, -0.25) is 9.59 Å². The standard InChI is InChI=1S/C19H22N4O2/c1-13-10-11-14(23(13)2)12-20-18(24)9-5-8-17-21-16-7-4-3-6-15(16)19(25)22-17/h3-4,6-7,10-11H,5,8-9,12H2,1-2H3,(H,20,24)(H,21,22,25). The lowest BCUT2D eigenvalue weighted by Gasteiger charge is -2.07. The Hall–Kier alpha value is -2.89. The molecule has 0 aliphatic rings. The summed E-state index contributed by atoms with van der Waals surface area (Å²) in [4.78, 5) is 31.2. The van der Waals surface area contributed by atoms with Gasteiger partial charge in [-0.05, 0) is 37.6 Å².